The molecule has 0 bridgehead atoms. The minimum Gasteiger partial charge on any atom is -0.351 e. The Morgan fingerprint density at radius 3 is 2.95 bits per heavy atom. The molecule has 0 spiro atoms. The molecule has 0 saturated heterocycles. The Hall–Kier alpha value is -1.65. The third kappa shape index (κ3) is 3.76. The summed E-state index contributed by atoms with van der Waals surface area (Å²) >= 11 is 0. The number of allylic oxidation sites excluding steroid dienone is 1. The second kappa shape index (κ2) is 6.63. The van der Waals surface area contributed by atoms with Crippen LogP contribution in [0.1, 0.15) is 75.9 Å². The molecule has 3 rings (SSSR count). The summed E-state index contributed by atoms with van der Waals surface area (Å²) in [6.45, 7) is 2.11. The average Bonchev–Trinajstić information content (AvgIpc) is 3.16. The predicted octanol–water partition coefficient (Wildman–Crippen LogP) is 3.27. The first-order valence-corrected chi connectivity index (χ1v) is 8.43. The maximum absolute atomic E-state index is 12.1. The van der Waals surface area contributed by atoms with E-state index < -0.39 is 0 Å². The summed E-state index contributed by atoms with van der Waals surface area (Å²) in [4.78, 5) is 16.6. The zero-order chi connectivity index (χ0) is 15.4. The van der Waals surface area contributed by atoms with E-state index in [1.54, 1.807) is 0 Å². The van der Waals surface area contributed by atoms with Crippen molar-refractivity contribution < 1.29 is 9.32 Å². The number of hydrogen-bond donors (Lipinski definition) is 1. The molecule has 120 valence electrons. The van der Waals surface area contributed by atoms with E-state index in [-0.39, 0.29) is 11.4 Å². The molecule has 1 N–H and O–H groups in total. The molecule has 1 saturated carbocycles. The topological polar surface area (TPSA) is 68.0 Å². The maximum atomic E-state index is 12.1. The van der Waals surface area contributed by atoms with Crippen molar-refractivity contribution in [1.82, 2.24) is 15.5 Å². The number of aryl methyl sites for hydroxylation is 1. The van der Waals surface area contributed by atoms with Gasteiger partial charge in [0.1, 0.15) is 0 Å². The normalized spacial score (nSPS) is 25.5. The van der Waals surface area contributed by atoms with Crippen LogP contribution in [-0.4, -0.2) is 21.6 Å². The molecule has 5 nitrogen and oxygen atoms in total. The largest absolute Gasteiger partial charge is 0.351 e. The number of aromatic nitrogens is 2. The highest BCUT2D eigenvalue weighted by molar-refractivity contribution is 5.76. The number of carbonyl (C=O) groups excluding carboxylic acids is 1. The van der Waals surface area contributed by atoms with Gasteiger partial charge in [0.15, 0.2) is 5.82 Å². The van der Waals surface area contributed by atoms with Gasteiger partial charge < -0.3 is 9.84 Å². The lowest BCUT2D eigenvalue weighted by molar-refractivity contribution is -0.123. The van der Waals surface area contributed by atoms with Gasteiger partial charge in [0.2, 0.25) is 11.8 Å². The van der Waals surface area contributed by atoms with Gasteiger partial charge in [-0.25, -0.2) is 0 Å². The highest BCUT2D eigenvalue weighted by Gasteiger charge is 2.26. The molecule has 1 fully saturated rings. The second-order valence-electron chi connectivity index (χ2n) is 6.85. The molecule has 1 aromatic heterocycles. The van der Waals surface area contributed by atoms with Gasteiger partial charge in [0.25, 0.3) is 0 Å². The van der Waals surface area contributed by atoms with Crippen LogP contribution < -0.4 is 5.32 Å². The molecule has 1 atom stereocenters. The third-order valence-electron chi connectivity index (χ3n) is 4.81. The Morgan fingerprint density at radius 1 is 1.41 bits per heavy atom. The van der Waals surface area contributed by atoms with E-state index in [1.807, 2.05) is 0 Å². The summed E-state index contributed by atoms with van der Waals surface area (Å²) in [6.07, 6.45) is 13.0. The first-order valence-electron chi connectivity index (χ1n) is 8.43. The summed E-state index contributed by atoms with van der Waals surface area (Å²) < 4.78 is 5.29. The van der Waals surface area contributed by atoms with Crippen LogP contribution in [-0.2, 0) is 11.2 Å². The van der Waals surface area contributed by atoms with Crippen molar-refractivity contribution >= 4 is 5.91 Å². The van der Waals surface area contributed by atoms with Gasteiger partial charge in [-0.15, -0.1) is 0 Å². The first-order chi connectivity index (χ1) is 10.6. The number of nitrogens with zero attached hydrogens (tertiary/aromatic N) is 2. The molecule has 1 unspecified atom stereocenters. The molecule has 0 aromatic carbocycles. The van der Waals surface area contributed by atoms with Crippen molar-refractivity contribution in [1.29, 1.82) is 0 Å². The Kier molecular flexibility index (Phi) is 4.60. The van der Waals surface area contributed by atoms with Crippen LogP contribution in [0, 0.1) is 0 Å². The van der Waals surface area contributed by atoms with E-state index in [9.17, 15) is 4.79 Å². The molecule has 0 aliphatic heterocycles. The summed E-state index contributed by atoms with van der Waals surface area (Å²) in [6, 6.07) is 0. The summed E-state index contributed by atoms with van der Waals surface area (Å²) in [5, 5.41) is 7.23. The van der Waals surface area contributed by atoms with Crippen LogP contribution in [0.3, 0.4) is 0 Å². The third-order valence-corrected chi connectivity index (χ3v) is 4.81. The summed E-state index contributed by atoms with van der Waals surface area (Å²) in [7, 11) is 0. The molecule has 2 aliphatic carbocycles. The lowest BCUT2D eigenvalue weighted by Gasteiger charge is -2.31. The van der Waals surface area contributed by atoms with Gasteiger partial charge in [-0.1, -0.05) is 30.2 Å². The van der Waals surface area contributed by atoms with Crippen LogP contribution in [0.15, 0.2) is 16.7 Å². The second-order valence-corrected chi connectivity index (χ2v) is 6.85. The Morgan fingerprint density at radius 2 is 2.23 bits per heavy atom. The van der Waals surface area contributed by atoms with E-state index in [0.717, 1.165) is 37.9 Å². The molecular formula is C17H25N3O2. The lowest BCUT2D eigenvalue weighted by Crippen LogP contribution is -2.46. The lowest BCUT2D eigenvalue weighted by atomic mass is 9.87. The smallest absolute Gasteiger partial charge is 0.227 e. The fraction of sp³-hybridized carbons (Fsp3) is 0.706. The van der Waals surface area contributed by atoms with Crippen molar-refractivity contribution in [2.45, 2.75) is 76.2 Å². The molecule has 2 aliphatic rings. The molecule has 1 aromatic rings. The van der Waals surface area contributed by atoms with E-state index in [4.69, 9.17) is 4.52 Å². The van der Waals surface area contributed by atoms with Crippen molar-refractivity contribution in [3.8, 4) is 0 Å². The van der Waals surface area contributed by atoms with Gasteiger partial charge in [-0.3, -0.25) is 4.79 Å². The van der Waals surface area contributed by atoms with Crippen LogP contribution >= 0.6 is 0 Å². The van der Waals surface area contributed by atoms with Crippen molar-refractivity contribution in [3.63, 3.8) is 0 Å². The minimum absolute atomic E-state index is 0.0680. The number of rotatable bonds is 5. The van der Waals surface area contributed by atoms with E-state index in [0.29, 0.717) is 24.7 Å². The Labute approximate surface area is 131 Å². The van der Waals surface area contributed by atoms with Crippen LogP contribution in [0.5, 0.6) is 0 Å². The minimum atomic E-state index is -0.102. The van der Waals surface area contributed by atoms with E-state index in [1.165, 1.54) is 12.8 Å². The van der Waals surface area contributed by atoms with Gasteiger partial charge in [0.05, 0.1) is 0 Å². The van der Waals surface area contributed by atoms with Crippen LogP contribution in [0.2, 0.25) is 0 Å². The zero-order valence-electron chi connectivity index (χ0n) is 13.3. The fourth-order valence-electron chi connectivity index (χ4n) is 3.42. The Balaban J connectivity index is 1.47. The fourth-order valence-corrected chi connectivity index (χ4v) is 3.42. The maximum Gasteiger partial charge on any atom is 0.227 e. The monoisotopic (exact) mass is 303 g/mol. The molecule has 5 heteroatoms. The molecular weight excluding hydrogens is 278 g/mol. The number of carbonyl (C=O) groups is 1. The van der Waals surface area contributed by atoms with Gasteiger partial charge in [-0.2, -0.15) is 4.98 Å². The van der Waals surface area contributed by atoms with Gasteiger partial charge >= 0.3 is 0 Å². The predicted molar refractivity (Wildman–Crippen MR) is 83.4 cm³/mol. The Bertz CT molecular complexity index is 546. The summed E-state index contributed by atoms with van der Waals surface area (Å²) in [5.41, 5.74) is -0.102. The van der Waals surface area contributed by atoms with Crippen LogP contribution in [0.4, 0.5) is 0 Å². The van der Waals surface area contributed by atoms with Gasteiger partial charge in [-0.05, 0) is 39.0 Å². The molecule has 1 amide bonds. The number of nitrogens with one attached hydrogen (secondary N) is 1. The molecule has 22 heavy (non-hydrogen) atoms. The molecule has 1 heterocycles. The standard InChI is InChI=1S/C17H25N3O2/c1-17(11-5-2-6-12-17)19-14(21)9-10-15-18-16(20-22-15)13-7-3-4-8-13/h2,5,13H,3-4,6-12H2,1H3,(H,19,21). The van der Waals surface area contributed by atoms with E-state index >= 15 is 0 Å². The van der Waals surface area contributed by atoms with Crippen molar-refractivity contribution in [2.24, 2.45) is 0 Å². The van der Waals surface area contributed by atoms with Crippen LogP contribution in [0.25, 0.3) is 0 Å². The van der Waals surface area contributed by atoms with Gasteiger partial charge in [0, 0.05) is 24.3 Å². The van der Waals surface area contributed by atoms with Crippen molar-refractivity contribution in [3.05, 3.63) is 23.9 Å². The number of hydrogen-bond acceptors (Lipinski definition) is 4. The highest BCUT2D eigenvalue weighted by atomic mass is 16.5. The SMILES string of the molecule is CC1(NC(=O)CCc2nc(C3CCCC3)no2)CC=CCC1. The first kappa shape index (κ1) is 15.3. The number of amides is 1. The quantitative estimate of drug-likeness (QED) is 0.848. The summed E-state index contributed by atoms with van der Waals surface area (Å²) in [5.74, 6) is 1.95. The van der Waals surface area contributed by atoms with E-state index in [2.05, 4.69) is 34.5 Å². The van der Waals surface area contributed by atoms with Crippen molar-refractivity contribution in [2.75, 3.05) is 0 Å². The average molecular weight is 303 g/mol. The highest BCUT2D eigenvalue weighted by Crippen LogP contribution is 2.32. The molecule has 0 radical (unpaired) electrons. The zero-order valence-corrected chi connectivity index (χ0v) is 13.3.